The zero-order valence-corrected chi connectivity index (χ0v) is 20.6. The summed E-state index contributed by atoms with van der Waals surface area (Å²) < 4.78 is 5.17. The lowest BCUT2D eigenvalue weighted by Crippen LogP contribution is -2.28. The van der Waals surface area contributed by atoms with Crippen molar-refractivity contribution in [2.75, 3.05) is 17.7 Å². The van der Waals surface area contributed by atoms with Crippen molar-refractivity contribution in [3.8, 4) is 0 Å². The molecule has 4 N–H and O–H groups in total. The highest BCUT2D eigenvalue weighted by Gasteiger charge is 2.32. The Bertz CT molecular complexity index is 1150. The van der Waals surface area contributed by atoms with Gasteiger partial charge in [-0.1, -0.05) is 18.2 Å². The minimum absolute atomic E-state index is 0.00524. The Kier molecular flexibility index (Phi) is 6.92. The number of pyridine rings is 2. The second-order valence-electron chi connectivity index (χ2n) is 9.20. The van der Waals surface area contributed by atoms with E-state index in [2.05, 4.69) is 20.6 Å². The van der Waals surface area contributed by atoms with Gasteiger partial charge in [-0.2, -0.15) is 10.1 Å². The first-order valence-electron chi connectivity index (χ1n) is 11.2. The molecule has 10 nitrogen and oxygen atoms in total. The van der Waals surface area contributed by atoms with Gasteiger partial charge in [0.05, 0.1) is 34.8 Å². The molecule has 2 aliphatic rings. The van der Waals surface area contributed by atoms with Gasteiger partial charge in [-0.25, -0.2) is 9.78 Å². The van der Waals surface area contributed by atoms with E-state index in [1.54, 1.807) is 38.7 Å². The second kappa shape index (κ2) is 9.88. The number of nitrogens with two attached hydrogens (primary N) is 1. The van der Waals surface area contributed by atoms with Crippen LogP contribution in [0.1, 0.15) is 40.0 Å². The molecule has 0 aromatic carbocycles. The lowest BCUT2D eigenvalue weighted by atomic mass is 9.86. The summed E-state index contributed by atoms with van der Waals surface area (Å²) in [4.78, 5) is 24.8. The third kappa shape index (κ3) is 5.96. The maximum atomic E-state index is 11.8. The highest BCUT2D eigenvalue weighted by Crippen LogP contribution is 2.38. The molecule has 1 aliphatic heterocycles. The molecule has 4 rings (SSSR count). The van der Waals surface area contributed by atoms with Crippen molar-refractivity contribution < 1.29 is 9.53 Å². The average molecular weight is 483 g/mol. The Morgan fingerprint density at radius 3 is 2.79 bits per heavy atom. The number of ether oxygens (including phenoxy) is 1. The molecule has 0 spiro atoms. The number of hydrazone groups is 1. The zero-order valence-electron chi connectivity index (χ0n) is 19.8. The summed E-state index contributed by atoms with van der Waals surface area (Å²) in [6.07, 6.45) is 7.35. The van der Waals surface area contributed by atoms with Crippen molar-refractivity contribution in [3.63, 3.8) is 0 Å². The molecule has 0 bridgehead atoms. The van der Waals surface area contributed by atoms with Gasteiger partial charge in [-0.05, 0) is 51.8 Å². The fraction of sp³-hybridized carbons (Fsp3) is 0.435. The zero-order chi connectivity index (χ0) is 24.3. The van der Waals surface area contributed by atoms with Crippen LogP contribution in [0.3, 0.4) is 0 Å². The normalized spacial score (nSPS) is 19.3. The molecule has 2 aromatic rings. The van der Waals surface area contributed by atoms with Crippen molar-refractivity contribution in [1.82, 2.24) is 15.0 Å². The number of aromatic nitrogens is 2. The summed E-state index contributed by atoms with van der Waals surface area (Å²) >= 11 is 1.75. The van der Waals surface area contributed by atoms with Gasteiger partial charge in [-0.3, -0.25) is 9.99 Å². The van der Waals surface area contributed by atoms with E-state index < -0.39 is 11.7 Å². The Morgan fingerprint density at radius 1 is 1.32 bits per heavy atom. The van der Waals surface area contributed by atoms with E-state index in [9.17, 15) is 4.79 Å². The van der Waals surface area contributed by atoms with Gasteiger partial charge in [-0.15, -0.1) is 0 Å². The van der Waals surface area contributed by atoms with Gasteiger partial charge in [0.25, 0.3) is 0 Å². The molecule has 1 aliphatic carbocycles. The number of hydrogen-bond donors (Lipinski definition) is 3. The van der Waals surface area contributed by atoms with Crippen molar-refractivity contribution in [3.05, 3.63) is 36.3 Å². The number of hydrogen-bond acceptors (Lipinski definition) is 10. The number of rotatable bonds is 6. The molecule has 3 heterocycles. The summed E-state index contributed by atoms with van der Waals surface area (Å²) in [5, 5.41) is 14.4. The van der Waals surface area contributed by atoms with E-state index in [0.717, 1.165) is 11.3 Å². The van der Waals surface area contributed by atoms with Crippen LogP contribution in [0.25, 0.3) is 11.0 Å². The van der Waals surface area contributed by atoms with Crippen LogP contribution in [-0.4, -0.2) is 50.5 Å². The monoisotopic (exact) mass is 482 g/mol. The van der Waals surface area contributed by atoms with E-state index in [4.69, 9.17) is 20.6 Å². The lowest BCUT2D eigenvalue weighted by Gasteiger charge is -2.24. The molecule has 0 saturated heterocycles. The molecule has 180 valence electrons. The molecule has 1 atom stereocenters. The lowest BCUT2D eigenvalue weighted by molar-refractivity contribution is 0.0605. The first-order chi connectivity index (χ1) is 16.2. The Morgan fingerprint density at radius 2 is 2.12 bits per heavy atom. The highest BCUT2D eigenvalue weighted by molar-refractivity contribution is 8.14. The number of aliphatic imine (C=N–C) groups is 1. The predicted molar refractivity (Wildman–Crippen MR) is 138 cm³/mol. The summed E-state index contributed by atoms with van der Waals surface area (Å²) in [6, 6.07) is 5.70. The molecule has 11 heteroatoms. The Labute approximate surface area is 203 Å². The van der Waals surface area contributed by atoms with Gasteiger partial charge < -0.3 is 21.1 Å². The SMILES string of the molecule is CN1N=C(C2CCC2)SC1Nc1ccc2ncc(NC(C=NC(=O)OC(C)(C)C)=CN)cc2n1. The second-order valence-corrected chi connectivity index (χ2v) is 10.3. The van der Waals surface area contributed by atoms with Crippen molar-refractivity contribution >= 4 is 51.7 Å². The Hall–Kier alpha value is -3.34. The number of nitrogens with one attached hydrogen (secondary N) is 2. The maximum Gasteiger partial charge on any atom is 0.434 e. The minimum atomic E-state index is -0.693. The molecule has 34 heavy (non-hydrogen) atoms. The molecule has 1 saturated carbocycles. The van der Waals surface area contributed by atoms with Gasteiger partial charge in [0.1, 0.15) is 16.5 Å². The molecule has 0 radical (unpaired) electrons. The van der Waals surface area contributed by atoms with Crippen LogP contribution in [-0.2, 0) is 4.74 Å². The van der Waals surface area contributed by atoms with Crippen LogP contribution in [0.2, 0.25) is 0 Å². The number of carbonyl (C=O) groups excluding carboxylic acids is 1. The highest BCUT2D eigenvalue weighted by atomic mass is 32.2. The van der Waals surface area contributed by atoms with Crippen molar-refractivity contribution in [1.29, 1.82) is 0 Å². The molecule has 2 aromatic heterocycles. The molecular weight excluding hydrogens is 452 g/mol. The van der Waals surface area contributed by atoms with E-state index in [1.807, 2.05) is 30.3 Å². The molecule has 1 amide bonds. The number of nitrogens with zero attached hydrogens (tertiary/aromatic N) is 5. The fourth-order valence-corrected chi connectivity index (χ4v) is 4.57. The number of carbonyl (C=O) groups is 1. The summed E-state index contributed by atoms with van der Waals surface area (Å²) in [7, 11) is 1.97. The van der Waals surface area contributed by atoms with Crippen LogP contribution < -0.4 is 16.4 Å². The van der Waals surface area contributed by atoms with E-state index in [1.165, 1.54) is 36.7 Å². The third-order valence-electron chi connectivity index (χ3n) is 5.26. The third-order valence-corrected chi connectivity index (χ3v) is 6.56. The van der Waals surface area contributed by atoms with Gasteiger partial charge in [0.2, 0.25) is 0 Å². The number of thioether (sulfide) groups is 1. The van der Waals surface area contributed by atoms with E-state index in [-0.39, 0.29) is 5.50 Å². The molecule has 1 unspecified atom stereocenters. The molecular formula is C23H30N8O2S. The maximum absolute atomic E-state index is 11.8. The quantitative estimate of drug-likeness (QED) is 0.515. The average Bonchev–Trinajstić information content (AvgIpc) is 3.07. The van der Waals surface area contributed by atoms with Crippen molar-refractivity contribution in [2.45, 2.75) is 51.1 Å². The van der Waals surface area contributed by atoms with E-state index in [0.29, 0.717) is 22.8 Å². The van der Waals surface area contributed by atoms with Crippen LogP contribution in [0.4, 0.5) is 16.3 Å². The first kappa shape index (κ1) is 23.8. The van der Waals surface area contributed by atoms with Gasteiger partial charge in [0, 0.05) is 19.2 Å². The summed E-state index contributed by atoms with van der Waals surface area (Å²) in [5.74, 6) is 1.34. The van der Waals surface area contributed by atoms with E-state index >= 15 is 0 Å². The number of fused-ring (bicyclic) bond motifs is 1. The predicted octanol–water partition coefficient (Wildman–Crippen LogP) is 4.34. The van der Waals surface area contributed by atoms with Gasteiger partial charge >= 0.3 is 6.09 Å². The Balaban J connectivity index is 1.42. The smallest absolute Gasteiger partial charge is 0.434 e. The van der Waals surface area contributed by atoms with Crippen LogP contribution in [0, 0.1) is 5.92 Å². The number of allylic oxidation sites excluding steroid dienone is 1. The standard InChI is InChI=1S/C23H30N8O2S/c1-23(2,3)33-22(32)26-13-16(11-24)27-15-10-18-17(25-12-15)8-9-19(28-18)29-21-31(4)30-20(34-21)14-6-5-7-14/h8-14,21,27H,5-7,24H2,1-4H3,(H,28,29). The summed E-state index contributed by atoms with van der Waals surface area (Å²) in [5.41, 5.74) is 7.63. The van der Waals surface area contributed by atoms with Gasteiger partial charge in [0.15, 0.2) is 5.50 Å². The minimum Gasteiger partial charge on any atom is -0.442 e. The topological polar surface area (TPSA) is 130 Å². The number of amides is 1. The van der Waals surface area contributed by atoms with Crippen LogP contribution in [0.15, 0.2) is 46.4 Å². The van der Waals surface area contributed by atoms with Crippen LogP contribution in [0.5, 0.6) is 0 Å². The number of anilines is 2. The van der Waals surface area contributed by atoms with Crippen LogP contribution >= 0.6 is 11.8 Å². The first-order valence-corrected chi connectivity index (χ1v) is 12.1. The summed E-state index contributed by atoms with van der Waals surface area (Å²) in [6.45, 7) is 5.33. The largest absolute Gasteiger partial charge is 0.442 e. The fourth-order valence-electron chi connectivity index (χ4n) is 3.35. The molecule has 1 fully saturated rings. The van der Waals surface area contributed by atoms with Crippen molar-refractivity contribution in [2.24, 2.45) is 21.7 Å².